The van der Waals surface area contributed by atoms with Gasteiger partial charge in [-0.05, 0) is 30.9 Å². The number of benzene rings is 1. The molecule has 0 aliphatic heterocycles. The third-order valence-corrected chi connectivity index (χ3v) is 4.80. The maximum Gasteiger partial charge on any atom is 0.0589 e. The Bertz CT molecular complexity index is 396. The molecule has 4 heteroatoms. The molecule has 0 aliphatic rings. The second-order valence-electron chi connectivity index (χ2n) is 5.42. The van der Waals surface area contributed by atoms with E-state index >= 15 is 0 Å². The molecule has 0 aromatic heterocycles. The Kier molecular flexibility index (Phi) is 9.16. The van der Waals surface area contributed by atoms with Crippen molar-refractivity contribution in [3.05, 3.63) is 34.3 Å². The number of halogens is 1. The van der Waals surface area contributed by atoms with Gasteiger partial charge in [-0.1, -0.05) is 48.0 Å². The lowest BCUT2D eigenvalue weighted by atomic mass is 10.0. The summed E-state index contributed by atoms with van der Waals surface area (Å²) in [6.45, 7) is 7.27. The van der Waals surface area contributed by atoms with Gasteiger partial charge in [-0.15, -0.1) is 0 Å². The molecule has 0 bridgehead atoms. The van der Waals surface area contributed by atoms with E-state index in [9.17, 15) is 0 Å². The molecular weight excluding hydrogens is 328 g/mol. The lowest BCUT2D eigenvalue weighted by Crippen LogP contribution is -2.38. The third-order valence-electron chi connectivity index (χ3n) is 4.07. The summed E-state index contributed by atoms with van der Waals surface area (Å²) in [6, 6.07) is 8.91. The molecule has 0 fully saturated rings. The van der Waals surface area contributed by atoms with Gasteiger partial charge >= 0.3 is 0 Å². The van der Waals surface area contributed by atoms with Crippen LogP contribution < -0.4 is 5.73 Å². The van der Waals surface area contributed by atoms with Gasteiger partial charge in [-0.2, -0.15) is 0 Å². The fraction of sp³-hybridized carbons (Fsp3) is 0.647. The van der Waals surface area contributed by atoms with E-state index in [1.165, 1.54) is 18.4 Å². The van der Waals surface area contributed by atoms with Crippen LogP contribution in [-0.4, -0.2) is 37.7 Å². The van der Waals surface area contributed by atoms with Gasteiger partial charge in [-0.25, -0.2) is 0 Å². The quantitative estimate of drug-likeness (QED) is 0.689. The topological polar surface area (TPSA) is 38.5 Å². The molecule has 0 spiro atoms. The standard InChI is InChI=1S/C17H29BrN2O/c1-4-14(5-2)20(12-13-21-3)11-10-17(19)15-8-6-7-9-16(15)18/h6-9,14,17H,4-5,10-13,19H2,1-3H3. The Hall–Kier alpha value is -0.420. The first-order valence-corrected chi connectivity index (χ1v) is 8.66. The molecule has 1 aromatic carbocycles. The van der Waals surface area contributed by atoms with Crippen molar-refractivity contribution in [1.29, 1.82) is 0 Å². The van der Waals surface area contributed by atoms with Gasteiger partial charge < -0.3 is 10.5 Å². The van der Waals surface area contributed by atoms with Crippen LogP contribution in [0.25, 0.3) is 0 Å². The van der Waals surface area contributed by atoms with Gasteiger partial charge in [0.25, 0.3) is 0 Å². The summed E-state index contributed by atoms with van der Waals surface area (Å²) in [7, 11) is 1.76. The van der Waals surface area contributed by atoms with Crippen LogP contribution in [0.15, 0.2) is 28.7 Å². The zero-order valence-electron chi connectivity index (χ0n) is 13.5. The van der Waals surface area contributed by atoms with E-state index in [-0.39, 0.29) is 6.04 Å². The SMILES string of the molecule is CCC(CC)N(CCOC)CCC(N)c1ccccc1Br. The Morgan fingerprint density at radius 2 is 1.86 bits per heavy atom. The molecule has 3 nitrogen and oxygen atoms in total. The zero-order chi connectivity index (χ0) is 15.7. The summed E-state index contributed by atoms with van der Waals surface area (Å²) in [5, 5.41) is 0. The van der Waals surface area contributed by atoms with Crippen molar-refractivity contribution in [1.82, 2.24) is 4.90 Å². The summed E-state index contributed by atoms with van der Waals surface area (Å²) in [5.41, 5.74) is 7.56. The van der Waals surface area contributed by atoms with Gasteiger partial charge in [0.15, 0.2) is 0 Å². The molecule has 1 unspecified atom stereocenters. The molecule has 2 N–H and O–H groups in total. The molecule has 21 heavy (non-hydrogen) atoms. The molecule has 0 radical (unpaired) electrons. The normalized spacial score (nSPS) is 13.1. The van der Waals surface area contributed by atoms with Crippen molar-refractivity contribution < 1.29 is 4.74 Å². The van der Waals surface area contributed by atoms with E-state index in [1.54, 1.807) is 7.11 Å². The van der Waals surface area contributed by atoms with Crippen LogP contribution in [0, 0.1) is 0 Å². The molecule has 1 aromatic rings. The van der Waals surface area contributed by atoms with Crippen LogP contribution in [0.3, 0.4) is 0 Å². The van der Waals surface area contributed by atoms with E-state index in [4.69, 9.17) is 10.5 Å². The van der Waals surface area contributed by atoms with Gasteiger partial charge in [0.2, 0.25) is 0 Å². The number of hydrogen-bond acceptors (Lipinski definition) is 3. The fourth-order valence-electron chi connectivity index (χ4n) is 2.73. The Morgan fingerprint density at radius 3 is 2.43 bits per heavy atom. The summed E-state index contributed by atoms with van der Waals surface area (Å²) in [4.78, 5) is 2.51. The second-order valence-corrected chi connectivity index (χ2v) is 6.27. The predicted octanol–water partition coefficient (Wildman–Crippen LogP) is 3.98. The number of nitrogens with two attached hydrogens (primary N) is 1. The second kappa shape index (κ2) is 10.3. The van der Waals surface area contributed by atoms with Crippen molar-refractivity contribution in [3.63, 3.8) is 0 Å². The Labute approximate surface area is 138 Å². The van der Waals surface area contributed by atoms with Crippen molar-refractivity contribution in [2.75, 3.05) is 26.8 Å². The average Bonchev–Trinajstić information content (AvgIpc) is 2.50. The van der Waals surface area contributed by atoms with Crippen molar-refractivity contribution >= 4 is 15.9 Å². The van der Waals surface area contributed by atoms with Gasteiger partial charge in [-0.3, -0.25) is 4.90 Å². The van der Waals surface area contributed by atoms with E-state index in [0.29, 0.717) is 6.04 Å². The monoisotopic (exact) mass is 356 g/mol. The maximum absolute atomic E-state index is 6.37. The van der Waals surface area contributed by atoms with Gasteiger partial charge in [0, 0.05) is 36.8 Å². The lowest BCUT2D eigenvalue weighted by molar-refractivity contribution is 0.112. The van der Waals surface area contributed by atoms with E-state index in [1.807, 2.05) is 12.1 Å². The minimum Gasteiger partial charge on any atom is -0.383 e. The first-order chi connectivity index (χ1) is 10.1. The molecule has 0 saturated carbocycles. The number of methoxy groups -OCH3 is 1. The summed E-state index contributed by atoms with van der Waals surface area (Å²) in [5.74, 6) is 0. The molecule has 0 aliphatic carbocycles. The Morgan fingerprint density at radius 1 is 1.19 bits per heavy atom. The van der Waals surface area contributed by atoms with Crippen molar-refractivity contribution in [3.8, 4) is 0 Å². The number of nitrogens with zero attached hydrogens (tertiary/aromatic N) is 1. The number of hydrogen-bond donors (Lipinski definition) is 1. The van der Waals surface area contributed by atoms with Crippen LogP contribution in [0.2, 0.25) is 0 Å². The van der Waals surface area contributed by atoms with E-state index in [2.05, 4.69) is 46.8 Å². The highest BCUT2D eigenvalue weighted by molar-refractivity contribution is 9.10. The number of ether oxygens (including phenoxy) is 1. The lowest BCUT2D eigenvalue weighted by Gasteiger charge is -2.31. The van der Waals surface area contributed by atoms with Crippen LogP contribution in [0.5, 0.6) is 0 Å². The molecule has 0 amide bonds. The highest BCUT2D eigenvalue weighted by atomic mass is 79.9. The summed E-state index contributed by atoms with van der Waals surface area (Å²) in [6.07, 6.45) is 3.30. The molecule has 0 saturated heterocycles. The average molecular weight is 357 g/mol. The minimum atomic E-state index is 0.0694. The van der Waals surface area contributed by atoms with Gasteiger partial charge in [0.1, 0.15) is 0 Å². The molecule has 0 heterocycles. The van der Waals surface area contributed by atoms with Crippen molar-refractivity contribution in [2.24, 2.45) is 5.73 Å². The maximum atomic E-state index is 6.37. The smallest absolute Gasteiger partial charge is 0.0589 e. The van der Waals surface area contributed by atoms with Crippen LogP contribution >= 0.6 is 15.9 Å². The highest BCUT2D eigenvalue weighted by Crippen LogP contribution is 2.24. The first-order valence-electron chi connectivity index (χ1n) is 7.86. The fourth-order valence-corrected chi connectivity index (χ4v) is 3.31. The van der Waals surface area contributed by atoms with E-state index < -0.39 is 0 Å². The Balaban J connectivity index is 2.61. The van der Waals surface area contributed by atoms with Gasteiger partial charge in [0.05, 0.1) is 6.61 Å². The molecular formula is C17H29BrN2O. The van der Waals surface area contributed by atoms with Crippen LogP contribution in [0.1, 0.15) is 44.7 Å². The zero-order valence-corrected chi connectivity index (χ0v) is 15.1. The minimum absolute atomic E-state index is 0.0694. The third kappa shape index (κ3) is 6.07. The van der Waals surface area contributed by atoms with Crippen molar-refractivity contribution in [2.45, 2.75) is 45.2 Å². The van der Waals surface area contributed by atoms with E-state index in [0.717, 1.165) is 30.6 Å². The first kappa shape index (κ1) is 18.6. The van der Waals surface area contributed by atoms with Crippen LogP contribution in [0.4, 0.5) is 0 Å². The highest BCUT2D eigenvalue weighted by Gasteiger charge is 2.17. The predicted molar refractivity (Wildman–Crippen MR) is 93.5 cm³/mol. The molecule has 120 valence electrons. The molecule has 1 atom stereocenters. The molecule has 1 rings (SSSR count). The number of rotatable bonds is 10. The summed E-state index contributed by atoms with van der Waals surface area (Å²) >= 11 is 3.59. The largest absolute Gasteiger partial charge is 0.383 e. The summed E-state index contributed by atoms with van der Waals surface area (Å²) < 4.78 is 6.34. The van der Waals surface area contributed by atoms with Crippen LogP contribution in [-0.2, 0) is 4.74 Å².